The van der Waals surface area contributed by atoms with E-state index in [0.29, 0.717) is 18.1 Å². The third-order valence-electron chi connectivity index (χ3n) is 1.79. The van der Waals surface area contributed by atoms with E-state index in [1.54, 1.807) is 25.5 Å². The van der Waals surface area contributed by atoms with Crippen molar-refractivity contribution in [2.75, 3.05) is 11.1 Å². The molecular weight excluding hydrogens is 208 g/mol. The average molecular weight is 226 g/mol. The van der Waals surface area contributed by atoms with E-state index in [2.05, 4.69) is 10.4 Å². The minimum Gasteiger partial charge on any atom is -0.444 e. The standard InChI is InChI=1S/C10H18N4O2/c1-5-14-8(7(11)6-12-14)13-9(15)16-10(2,3)4/h6H,5,11H2,1-4H3,(H,13,15). The molecule has 0 saturated heterocycles. The predicted molar refractivity (Wildman–Crippen MR) is 62.2 cm³/mol. The second-order valence-electron chi connectivity index (χ2n) is 4.39. The van der Waals surface area contributed by atoms with Gasteiger partial charge in [0.2, 0.25) is 0 Å². The minimum absolute atomic E-state index is 0.424. The Morgan fingerprint density at radius 1 is 1.62 bits per heavy atom. The summed E-state index contributed by atoms with van der Waals surface area (Å²) in [7, 11) is 0. The largest absolute Gasteiger partial charge is 0.444 e. The molecule has 0 radical (unpaired) electrons. The third kappa shape index (κ3) is 3.15. The van der Waals surface area contributed by atoms with Crippen molar-refractivity contribution < 1.29 is 9.53 Å². The quantitative estimate of drug-likeness (QED) is 0.806. The molecule has 0 fully saturated rings. The lowest BCUT2D eigenvalue weighted by Gasteiger charge is -2.19. The zero-order valence-corrected chi connectivity index (χ0v) is 10.1. The minimum atomic E-state index is -0.533. The van der Waals surface area contributed by atoms with Gasteiger partial charge in [0.05, 0.1) is 11.9 Å². The Bertz CT molecular complexity index is 379. The van der Waals surface area contributed by atoms with Crippen LogP contribution in [-0.4, -0.2) is 21.5 Å². The zero-order chi connectivity index (χ0) is 12.3. The Balaban J connectivity index is 2.73. The molecule has 1 aromatic heterocycles. The summed E-state index contributed by atoms with van der Waals surface area (Å²) in [6.45, 7) is 7.93. The van der Waals surface area contributed by atoms with E-state index < -0.39 is 11.7 Å². The van der Waals surface area contributed by atoms with Gasteiger partial charge in [-0.2, -0.15) is 5.10 Å². The van der Waals surface area contributed by atoms with Crippen LogP contribution in [-0.2, 0) is 11.3 Å². The molecule has 90 valence electrons. The normalized spacial score (nSPS) is 11.2. The molecular formula is C10H18N4O2. The summed E-state index contributed by atoms with van der Waals surface area (Å²) >= 11 is 0. The number of amides is 1. The highest BCUT2D eigenvalue weighted by Gasteiger charge is 2.18. The number of carbonyl (C=O) groups is 1. The maximum absolute atomic E-state index is 11.5. The summed E-state index contributed by atoms with van der Waals surface area (Å²) in [6, 6.07) is 0. The van der Waals surface area contributed by atoms with E-state index in [-0.39, 0.29) is 0 Å². The van der Waals surface area contributed by atoms with Crippen LogP contribution in [0.5, 0.6) is 0 Å². The van der Waals surface area contributed by atoms with Crippen molar-refractivity contribution in [3.05, 3.63) is 6.20 Å². The van der Waals surface area contributed by atoms with Crippen LogP contribution in [0.1, 0.15) is 27.7 Å². The molecule has 16 heavy (non-hydrogen) atoms. The second kappa shape index (κ2) is 4.42. The topological polar surface area (TPSA) is 82.2 Å². The number of aryl methyl sites for hydroxylation is 1. The Morgan fingerprint density at radius 2 is 2.25 bits per heavy atom. The van der Waals surface area contributed by atoms with Gasteiger partial charge in [-0.05, 0) is 27.7 Å². The molecule has 0 unspecified atom stereocenters. The molecule has 0 aliphatic rings. The van der Waals surface area contributed by atoms with Gasteiger partial charge >= 0.3 is 6.09 Å². The highest BCUT2D eigenvalue weighted by atomic mass is 16.6. The molecule has 0 aliphatic heterocycles. The van der Waals surface area contributed by atoms with Gasteiger partial charge in [-0.15, -0.1) is 0 Å². The molecule has 0 spiro atoms. The van der Waals surface area contributed by atoms with Gasteiger partial charge in [-0.1, -0.05) is 0 Å². The van der Waals surface area contributed by atoms with Crippen LogP contribution < -0.4 is 11.1 Å². The zero-order valence-electron chi connectivity index (χ0n) is 10.1. The van der Waals surface area contributed by atoms with Gasteiger partial charge in [0.1, 0.15) is 5.60 Å². The fourth-order valence-electron chi connectivity index (χ4n) is 1.18. The number of rotatable bonds is 2. The number of anilines is 2. The van der Waals surface area contributed by atoms with E-state index in [1.807, 2.05) is 6.92 Å². The first-order chi connectivity index (χ1) is 7.33. The maximum Gasteiger partial charge on any atom is 0.413 e. The fourth-order valence-corrected chi connectivity index (χ4v) is 1.18. The molecule has 1 rings (SSSR count). The van der Waals surface area contributed by atoms with Crippen LogP contribution in [0, 0.1) is 0 Å². The lowest BCUT2D eigenvalue weighted by Crippen LogP contribution is -2.28. The van der Waals surface area contributed by atoms with Gasteiger partial charge < -0.3 is 10.5 Å². The molecule has 1 heterocycles. The average Bonchev–Trinajstić information content (AvgIpc) is 2.44. The molecule has 0 atom stereocenters. The smallest absolute Gasteiger partial charge is 0.413 e. The summed E-state index contributed by atoms with van der Waals surface area (Å²) in [5, 5.41) is 6.59. The fraction of sp³-hybridized carbons (Fsp3) is 0.600. The Hall–Kier alpha value is -1.72. The summed E-state index contributed by atoms with van der Waals surface area (Å²) in [5.74, 6) is 0.469. The van der Waals surface area contributed by atoms with Crippen molar-refractivity contribution in [2.45, 2.75) is 39.8 Å². The number of hydrogen-bond donors (Lipinski definition) is 2. The molecule has 0 saturated carbocycles. The van der Waals surface area contributed by atoms with E-state index in [9.17, 15) is 4.79 Å². The molecule has 6 heteroatoms. The van der Waals surface area contributed by atoms with Crippen molar-refractivity contribution in [3.8, 4) is 0 Å². The molecule has 1 amide bonds. The number of carbonyl (C=O) groups excluding carboxylic acids is 1. The Morgan fingerprint density at radius 3 is 2.75 bits per heavy atom. The number of nitrogens with one attached hydrogen (secondary N) is 1. The van der Waals surface area contributed by atoms with Crippen LogP contribution >= 0.6 is 0 Å². The van der Waals surface area contributed by atoms with Crippen LogP contribution in [0.25, 0.3) is 0 Å². The highest BCUT2D eigenvalue weighted by Crippen LogP contribution is 2.18. The molecule has 0 aromatic carbocycles. The summed E-state index contributed by atoms with van der Waals surface area (Å²) in [4.78, 5) is 11.5. The lowest BCUT2D eigenvalue weighted by molar-refractivity contribution is 0.0634. The number of aromatic nitrogens is 2. The van der Waals surface area contributed by atoms with Gasteiger partial charge in [-0.25, -0.2) is 9.48 Å². The van der Waals surface area contributed by atoms with Gasteiger partial charge in [0.25, 0.3) is 0 Å². The van der Waals surface area contributed by atoms with Gasteiger partial charge in [0, 0.05) is 6.54 Å². The van der Waals surface area contributed by atoms with Crippen molar-refractivity contribution in [1.29, 1.82) is 0 Å². The first-order valence-electron chi connectivity index (χ1n) is 5.14. The molecule has 1 aromatic rings. The summed E-state index contributed by atoms with van der Waals surface area (Å²) in [5.41, 5.74) is 5.57. The van der Waals surface area contributed by atoms with E-state index >= 15 is 0 Å². The van der Waals surface area contributed by atoms with E-state index in [4.69, 9.17) is 10.5 Å². The maximum atomic E-state index is 11.5. The van der Waals surface area contributed by atoms with E-state index in [0.717, 1.165) is 0 Å². The van der Waals surface area contributed by atoms with Crippen LogP contribution in [0.4, 0.5) is 16.3 Å². The Kier molecular flexibility index (Phi) is 3.41. The van der Waals surface area contributed by atoms with Crippen LogP contribution in [0.2, 0.25) is 0 Å². The first-order valence-corrected chi connectivity index (χ1v) is 5.14. The van der Waals surface area contributed by atoms with Crippen molar-refractivity contribution in [1.82, 2.24) is 9.78 Å². The van der Waals surface area contributed by atoms with Gasteiger partial charge in [-0.3, -0.25) is 5.32 Å². The van der Waals surface area contributed by atoms with Crippen LogP contribution in [0.3, 0.4) is 0 Å². The second-order valence-corrected chi connectivity index (χ2v) is 4.39. The Labute approximate surface area is 94.8 Å². The lowest BCUT2D eigenvalue weighted by atomic mass is 10.2. The van der Waals surface area contributed by atoms with Gasteiger partial charge in [0.15, 0.2) is 5.82 Å². The highest BCUT2D eigenvalue weighted by molar-refractivity contribution is 5.87. The number of nitrogen functional groups attached to an aromatic ring is 1. The predicted octanol–water partition coefficient (Wildman–Crippen LogP) is 1.83. The van der Waals surface area contributed by atoms with Crippen LogP contribution in [0.15, 0.2) is 6.20 Å². The van der Waals surface area contributed by atoms with Crippen molar-refractivity contribution >= 4 is 17.6 Å². The number of ether oxygens (including phenoxy) is 1. The number of nitrogens with two attached hydrogens (primary N) is 1. The van der Waals surface area contributed by atoms with E-state index in [1.165, 1.54) is 6.20 Å². The number of nitrogens with zero attached hydrogens (tertiary/aromatic N) is 2. The molecule has 3 N–H and O–H groups in total. The van der Waals surface area contributed by atoms with Crippen molar-refractivity contribution in [2.24, 2.45) is 0 Å². The molecule has 0 bridgehead atoms. The SMILES string of the molecule is CCn1ncc(N)c1NC(=O)OC(C)(C)C. The first kappa shape index (κ1) is 12.4. The summed E-state index contributed by atoms with van der Waals surface area (Å²) in [6.07, 6.45) is 0.963. The molecule has 0 aliphatic carbocycles. The monoisotopic (exact) mass is 226 g/mol. The third-order valence-corrected chi connectivity index (χ3v) is 1.79. The number of hydrogen-bond acceptors (Lipinski definition) is 4. The van der Waals surface area contributed by atoms with Crippen molar-refractivity contribution in [3.63, 3.8) is 0 Å². The molecule has 6 nitrogen and oxygen atoms in total. The summed E-state index contributed by atoms with van der Waals surface area (Å²) < 4.78 is 6.72.